The molecule has 0 amide bonds. The first-order valence-electron chi connectivity index (χ1n) is 14.5. The van der Waals surface area contributed by atoms with Gasteiger partial charge in [0.2, 0.25) is 0 Å². The van der Waals surface area contributed by atoms with E-state index in [0.29, 0.717) is 17.8 Å². The molecule has 45 heavy (non-hydrogen) atoms. The van der Waals surface area contributed by atoms with Gasteiger partial charge in [-0.2, -0.15) is 18.2 Å². The molecule has 0 saturated heterocycles. The fourth-order valence-corrected chi connectivity index (χ4v) is 5.74. The topological polar surface area (TPSA) is 0 Å². The van der Waals surface area contributed by atoms with Gasteiger partial charge in [0.25, 0.3) is 0 Å². The summed E-state index contributed by atoms with van der Waals surface area (Å²) in [4.78, 5) is 0. The molecule has 0 nitrogen and oxygen atoms in total. The quantitative estimate of drug-likeness (QED) is 0.241. The van der Waals surface area contributed by atoms with Gasteiger partial charge in [0.05, 0.1) is 0 Å². The van der Waals surface area contributed by atoms with Crippen LogP contribution < -0.4 is 14.1 Å². The van der Waals surface area contributed by atoms with Gasteiger partial charge in [-0.25, -0.2) is 0 Å². The Morgan fingerprint density at radius 2 is 0.622 bits per heavy atom. The van der Waals surface area contributed by atoms with Crippen LogP contribution in [0.4, 0.5) is 0 Å². The fourth-order valence-electron chi connectivity index (χ4n) is 5.74. The van der Waals surface area contributed by atoms with Gasteiger partial charge in [-0.1, -0.05) is 97.2 Å². The molecule has 6 heteroatoms. The van der Waals surface area contributed by atoms with E-state index in [-0.39, 0.29) is 92.7 Å². The Morgan fingerprint density at radius 3 is 0.822 bits per heavy atom. The van der Waals surface area contributed by atoms with E-state index in [1.807, 2.05) is 0 Å². The molecule has 6 aromatic carbocycles. The standard InChI is InChI=1S/3C13H15.3FH.3Zr/c3*1-9(2)12-6-4-5-11-7-10(3)8-13(11)12;;;;;;/h3*4-9H,1-3H3;3*1H;;;/q3*-1;;;;3*+2/p-3. The van der Waals surface area contributed by atoms with E-state index in [1.54, 1.807) is 0 Å². The van der Waals surface area contributed by atoms with Crippen molar-refractivity contribution in [2.24, 2.45) is 0 Å². The van der Waals surface area contributed by atoms with E-state index in [4.69, 9.17) is 0 Å². The first-order valence-corrected chi connectivity index (χ1v) is 14.5. The van der Waals surface area contributed by atoms with E-state index in [1.165, 1.54) is 65.7 Å². The third-order valence-corrected chi connectivity index (χ3v) is 7.65. The molecule has 0 aliphatic carbocycles. The monoisotopic (exact) mass is 840 g/mol. The van der Waals surface area contributed by atoms with E-state index >= 15 is 0 Å². The van der Waals surface area contributed by atoms with Gasteiger partial charge in [0.1, 0.15) is 0 Å². The van der Waals surface area contributed by atoms with E-state index in [2.05, 4.69) is 153 Å². The molecule has 0 spiro atoms. The van der Waals surface area contributed by atoms with E-state index in [9.17, 15) is 0 Å². The smallest absolute Gasteiger partial charge is 1.00 e. The van der Waals surface area contributed by atoms with Crippen LogP contribution in [0.25, 0.3) is 32.3 Å². The van der Waals surface area contributed by atoms with Crippen LogP contribution in [0.2, 0.25) is 0 Å². The van der Waals surface area contributed by atoms with Crippen LogP contribution in [-0.4, -0.2) is 0 Å². The number of aryl methyl sites for hydroxylation is 3. The predicted molar refractivity (Wildman–Crippen MR) is 175 cm³/mol. The molecular formula is C39H45F3Zr3. The van der Waals surface area contributed by atoms with Crippen molar-refractivity contribution in [3.8, 4) is 0 Å². The van der Waals surface area contributed by atoms with Crippen molar-refractivity contribution < 1.29 is 92.7 Å². The molecule has 0 aliphatic rings. The van der Waals surface area contributed by atoms with Crippen molar-refractivity contribution in [1.29, 1.82) is 0 Å². The zero-order chi connectivity index (χ0) is 28.3. The Hall–Kier alpha value is -1.07. The van der Waals surface area contributed by atoms with Crippen molar-refractivity contribution in [2.75, 3.05) is 0 Å². The van der Waals surface area contributed by atoms with Crippen molar-refractivity contribution in [3.63, 3.8) is 0 Å². The molecule has 0 radical (unpaired) electrons. The second kappa shape index (κ2) is 21.7. The Labute approximate surface area is 326 Å². The van der Waals surface area contributed by atoms with Gasteiger partial charge >= 0.3 is 78.6 Å². The zero-order valence-electron chi connectivity index (χ0n) is 28.0. The van der Waals surface area contributed by atoms with Crippen molar-refractivity contribution in [3.05, 3.63) is 124 Å². The minimum Gasteiger partial charge on any atom is -1.00 e. The number of hydrogen-bond donors (Lipinski definition) is 0. The van der Waals surface area contributed by atoms with Gasteiger partial charge in [-0.05, 0) is 17.8 Å². The predicted octanol–water partition coefficient (Wildman–Crippen LogP) is 2.98. The van der Waals surface area contributed by atoms with Crippen LogP contribution >= 0.6 is 0 Å². The normalized spacial score (nSPS) is 9.87. The van der Waals surface area contributed by atoms with Crippen LogP contribution in [0.1, 0.15) is 92.7 Å². The number of fused-ring (bicyclic) bond motifs is 3. The molecule has 0 aromatic heterocycles. The minimum atomic E-state index is 0. The van der Waals surface area contributed by atoms with Gasteiger partial charge in [0, 0.05) is 0 Å². The molecule has 0 bridgehead atoms. The average Bonchev–Trinajstić information content (AvgIpc) is 3.57. The third-order valence-electron chi connectivity index (χ3n) is 7.65. The first kappa shape index (κ1) is 48.3. The summed E-state index contributed by atoms with van der Waals surface area (Å²) in [5.74, 6) is 1.85. The molecular weight excluding hydrogens is 799 g/mol. The first-order chi connectivity index (χ1) is 18.5. The Kier molecular flexibility index (Phi) is 23.3. The molecule has 0 atom stereocenters. The number of halogens is 3. The summed E-state index contributed by atoms with van der Waals surface area (Å²) >= 11 is 0. The summed E-state index contributed by atoms with van der Waals surface area (Å²) in [6.07, 6.45) is 0. The molecule has 0 N–H and O–H groups in total. The van der Waals surface area contributed by atoms with Crippen LogP contribution in [0, 0.1) is 20.8 Å². The summed E-state index contributed by atoms with van der Waals surface area (Å²) in [5, 5.41) is 8.41. The van der Waals surface area contributed by atoms with Crippen LogP contribution in [0.15, 0.2) is 91.0 Å². The van der Waals surface area contributed by atoms with E-state index < -0.39 is 0 Å². The maximum atomic E-state index is 2.28. The fraction of sp³-hybridized carbons (Fsp3) is 0.308. The second-order valence-electron chi connectivity index (χ2n) is 12.1. The molecule has 0 unspecified atom stereocenters. The second-order valence-corrected chi connectivity index (χ2v) is 12.1. The molecule has 0 heterocycles. The SMILES string of the molecule is Cc1cc2c(C(C)C)cccc2[cH-]1.Cc1cc2c(C(C)C)cccc2[cH-]1.Cc1cc2c(C(C)C)cccc2[cH-]1.[F-].[F-].[F-].[Zr+2].[Zr+2].[Zr+2]. The van der Waals surface area contributed by atoms with Crippen molar-refractivity contribution in [2.45, 2.75) is 80.1 Å². The Balaban J connectivity index is -0.000000551. The summed E-state index contributed by atoms with van der Waals surface area (Å²) < 4.78 is 0. The Morgan fingerprint density at radius 1 is 0.400 bits per heavy atom. The van der Waals surface area contributed by atoms with Crippen LogP contribution in [-0.2, 0) is 78.6 Å². The Bertz CT molecular complexity index is 1490. The van der Waals surface area contributed by atoms with Gasteiger partial charge < -0.3 is 14.1 Å². The van der Waals surface area contributed by atoms with Crippen LogP contribution in [0.5, 0.6) is 0 Å². The summed E-state index contributed by atoms with van der Waals surface area (Å²) in [7, 11) is 0. The summed E-state index contributed by atoms with van der Waals surface area (Å²) in [5.41, 5.74) is 8.48. The molecule has 234 valence electrons. The zero-order valence-corrected chi connectivity index (χ0v) is 35.4. The van der Waals surface area contributed by atoms with Gasteiger partial charge in [-0.3, -0.25) is 0 Å². The number of rotatable bonds is 3. The third kappa shape index (κ3) is 12.2. The molecule has 0 aliphatic heterocycles. The summed E-state index contributed by atoms with van der Waals surface area (Å²) in [6.45, 7) is 20.0. The number of benzene rings is 3. The molecule has 0 saturated carbocycles. The average molecular weight is 844 g/mol. The number of hydrogen-bond acceptors (Lipinski definition) is 0. The summed E-state index contributed by atoms with van der Waals surface area (Å²) in [6, 6.07) is 33.3. The van der Waals surface area contributed by atoms with E-state index in [0.717, 1.165) is 0 Å². The maximum Gasteiger partial charge on any atom is 2.00 e. The van der Waals surface area contributed by atoms with Gasteiger partial charge in [-0.15, -0.1) is 104 Å². The molecule has 0 fully saturated rings. The minimum absolute atomic E-state index is 0. The molecule has 6 rings (SSSR count). The molecule has 6 aromatic rings. The van der Waals surface area contributed by atoms with Crippen molar-refractivity contribution in [1.82, 2.24) is 0 Å². The largest absolute Gasteiger partial charge is 2.00 e. The van der Waals surface area contributed by atoms with Crippen LogP contribution in [0.3, 0.4) is 0 Å². The van der Waals surface area contributed by atoms with Crippen molar-refractivity contribution >= 4 is 32.3 Å². The van der Waals surface area contributed by atoms with Gasteiger partial charge in [0.15, 0.2) is 0 Å². The maximum absolute atomic E-state index is 2.28.